The van der Waals surface area contributed by atoms with E-state index in [-0.39, 0.29) is 0 Å². The number of nitrogen functional groups attached to an aromatic ring is 1. The highest BCUT2D eigenvalue weighted by atomic mass is 79.9. The highest BCUT2D eigenvalue weighted by Crippen LogP contribution is 2.17. The molecule has 0 fully saturated rings. The van der Waals surface area contributed by atoms with Crippen molar-refractivity contribution in [3.8, 4) is 0 Å². The molecule has 1 aromatic heterocycles. The topological polar surface area (TPSA) is 56.0 Å². The van der Waals surface area contributed by atoms with Crippen molar-refractivity contribution in [3.63, 3.8) is 0 Å². The molecule has 1 rings (SSSR count). The van der Waals surface area contributed by atoms with E-state index in [0.29, 0.717) is 22.0 Å². The van der Waals surface area contributed by atoms with Gasteiger partial charge in [-0.05, 0) is 15.9 Å². The predicted octanol–water partition coefficient (Wildman–Crippen LogP) is 1.24. The molecule has 0 aromatic carbocycles. The lowest BCUT2D eigenvalue weighted by atomic mass is 10.2. The van der Waals surface area contributed by atoms with E-state index < -0.39 is 0 Å². The summed E-state index contributed by atoms with van der Waals surface area (Å²) in [6.45, 7) is 0. The fraction of sp³-hybridized carbons (Fsp3) is 0. The number of nitrogens with two attached hydrogens (primary N) is 1. The first kappa shape index (κ1) is 7.21. The highest BCUT2D eigenvalue weighted by molar-refractivity contribution is 9.10. The molecule has 10 heavy (non-hydrogen) atoms. The Kier molecular flexibility index (Phi) is 2.01. The molecule has 0 aliphatic heterocycles. The van der Waals surface area contributed by atoms with Crippen molar-refractivity contribution in [2.45, 2.75) is 0 Å². The average molecular weight is 201 g/mol. The molecule has 3 nitrogen and oxygen atoms in total. The van der Waals surface area contributed by atoms with E-state index in [1.165, 1.54) is 12.4 Å². The molecule has 0 aliphatic rings. The molecule has 1 aromatic rings. The van der Waals surface area contributed by atoms with E-state index in [9.17, 15) is 4.79 Å². The number of hydrogen-bond donors (Lipinski definition) is 1. The monoisotopic (exact) mass is 200 g/mol. The summed E-state index contributed by atoms with van der Waals surface area (Å²) in [5.41, 5.74) is 6.25. The number of carbonyl (C=O) groups is 1. The summed E-state index contributed by atoms with van der Waals surface area (Å²) in [6, 6.07) is 0. The molecule has 0 atom stereocenters. The molecule has 0 saturated heterocycles. The number of hydrogen-bond acceptors (Lipinski definition) is 3. The lowest BCUT2D eigenvalue weighted by molar-refractivity contribution is 0.112. The van der Waals surface area contributed by atoms with Gasteiger partial charge in [0, 0.05) is 10.7 Å². The lowest BCUT2D eigenvalue weighted by Gasteiger charge is -1.97. The summed E-state index contributed by atoms with van der Waals surface area (Å²) in [6.07, 6.45) is 3.66. The van der Waals surface area contributed by atoms with Crippen molar-refractivity contribution < 1.29 is 4.79 Å². The van der Waals surface area contributed by atoms with Crippen molar-refractivity contribution >= 4 is 27.9 Å². The van der Waals surface area contributed by atoms with Gasteiger partial charge in [-0.2, -0.15) is 0 Å². The van der Waals surface area contributed by atoms with Gasteiger partial charge in [0.05, 0.1) is 17.4 Å². The first-order chi connectivity index (χ1) is 4.75. The summed E-state index contributed by atoms with van der Waals surface area (Å²) < 4.78 is 0.627. The van der Waals surface area contributed by atoms with Crippen molar-refractivity contribution in [1.82, 2.24) is 4.98 Å². The minimum atomic E-state index is 0.393. The molecule has 0 aliphatic carbocycles. The van der Waals surface area contributed by atoms with Crippen LogP contribution in [-0.4, -0.2) is 11.3 Å². The number of aldehydes is 1. The molecule has 0 spiro atoms. The van der Waals surface area contributed by atoms with Gasteiger partial charge in [0.15, 0.2) is 6.29 Å². The van der Waals surface area contributed by atoms with Gasteiger partial charge in [0.2, 0.25) is 0 Å². The standard InChI is InChI=1S/C6H5BrN2O/c7-5-1-9-2-6(8)4(5)3-10/h1-3H,8H2. The normalized spacial score (nSPS) is 9.30. The summed E-state index contributed by atoms with van der Waals surface area (Å²) in [5, 5.41) is 0. The molecule has 1 heterocycles. The summed E-state index contributed by atoms with van der Waals surface area (Å²) in [5.74, 6) is 0. The maximum absolute atomic E-state index is 10.3. The number of halogens is 1. The van der Waals surface area contributed by atoms with E-state index >= 15 is 0 Å². The van der Waals surface area contributed by atoms with Gasteiger partial charge in [0.25, 0.3) is 0 Å². The summed E-state index contributed by atoms with van der Waals surface area (Å²) in [4.78, 5) is 14.1. The van der Waals surface area contributed by atoms with Crippen LogP contribution in [0.1, 0.15) is 10.4 Å². The Balaban J connectivity index is 3.30. The second kappa shape index (κ2) is 2.79. The lowest BCUT2D eigenvalue weighted by Crippen LogP contribution is -1.94. The van der Waals surface area contributed by atoms with Crippen LogP contribution in [-0.2, 0) is 0 Å². The van der Waals surface area contributed by atoms with E-state index in [4.69, 9.17) is 5.73 Å². The Morgan fingerprint density at radius 1 is 1.60 bits per heavy atom. The molecular formula is C6H5BrN2O. The van der Waals surface area contributed by atoms with E-state index in [0.717, 1.165) is 0 Å². The van der Waals surface area contributed by atoms with Crippen LogP contribution in [0.5, 0.6) is 0 Å². The maximum atomic E-state index is 10.3. The molecule has 0 unspecified atom stereocenters. The Morgan fingerprint density at radius 3 is 2.70 bits per heavy atom. The van der Waals surface area contributed by atoms with Crippen molar-refractivity contribution in [2.24, 2.45) is 0 Å². The second-order valence-electron chi connectivity index (χ2n) is 1.74. The second-order valence-corrected chi connectivity index (χ2v) is 2.60. The Morgan fingerprint density at radius 2 is 2.30 bits per heavy atom. The quantitative estimate of drug-likeness (QED) is 0.695. The smallest absolute Gasteiger partial charge is 0.153 e. The number of aromatic nitrogens is 1. The van der Waals surface area contributed by atoms with E-state index in [2.05, 4.69) is 20.9 Å². The fourth-order valence-electron chi connectivity index (χ4n) is 0.584. The number of anilines is 1. The average Bonchev–Trinajstić information content (AvgIpc) is 1.88. The van der Waals surface area contributed by atoms with Gasteiger partial charge in [-0.3, -0.25) is 9.78 Å². The van der Waals surface area contributed by atoms with Gasteiger partial charge >= 0.3 is 0 Å². The SMILES string of the molecule is Nc1cncc(Br)c1C=O. The molecule has 52 valence electrons. The third-order valence-electron chi connectivity index (χ3n) is 1.09. The van der Waals surface area contributed by atoms with Crippen LogP contribution in [0.4, 0.5) is 5.69 Å². The van der Waals surface area contributed by atoms with Gasteiger partial charge in [-0.15, -0.1) is 0 Å². The first-order valence-electron chi connectivity index (χ1n) is 2.60. The van der Waals surface area contributed by atoms with Crippen LogP contribution in [0, 0.1) is 0 Å². The largest absolute Gasteiger partial charge is 0.397 e. The van der Waals surface area contributed by atoms with Crippen molar-refractivity contribution in [1.29, 1.82) is 0 Å². The number of nitrogens with zero attached hydrogens (tertiary/aromatic N) is 1. The Labute approximate surface area is 66.4 Å². The molecule has 0 amide bonds. The van der Waals surface area contributed by atoms with Gasteiger partial charge in [0.1, 0.15) is 0 Å². The molecular weight excluding hydrogens is 196 g/mol. The van der Waals surface area contributed by atoms with E-state index in [1.807, 2.05) is 0 Å². The molecule has 0 bridgehead atoms. The van der Waals surface area contributed by atoms with Crippen LogP contribution in [0.2, 0.25) is 0 Å². The van der Waals surface area contributed by atoms with Gasteiger partial charge < -0.3 is 5.73 Å². The fourth-order valence-corrected chi connectivity index (χ4v) is 1.02. The van der Waals surface area contributed by atoms with Crippen LogP contribution in [0.25, 0.3) is 0 Å². The Hall–Kier alpha value is -0.900. The van der Waals surface area contributed by atoms with E-state index in [1.54, 1.807) is 0 Å². The van der Waals surface area contributed by atoms with Crippen LogP contribution in [0.15, 0.2) is 16.9 Å². The summed E-state index contributed by atoms with van der Waals surface area (Å²) in [7, 11) is 0. The zero-order chi connectivity index (χ0) is 7.56. The molecule has 4 heteroatoms. The third-order valence-corrected chi connectivity index (χ3v) is 1.72. The van der Waals surface area contributed by atoms with Crippen molar-refractivity contribution in [2.75, 3.05) is 5.73 Å². The minimum Gasteiger partial charge on any atom is -0.397 e. The maximum Gasteiger partial charge on any atom is 0.153 e. The number of carbonyl (C=O) groups excluding carboxylic acids is 1. The van der Waals surface area contributed by atoms with Gasteiger partial charge in [-0.1, -0.05) is 0 Å². The highest BCUT2D eigenvalue weighted by Gasteiger charge is 2.00. The van der Waals surface area contributed by atoms with Crippen molar-refractivity contribution in [3.05, 3.63) is 22.4 Å². The molecule has 0 radical (unpaired) electrons. The number of pyridine rings is 1. The first-order valence-corrected chi connectivity index (χ1v) is 3.39. The third kappa shape index (κ3) is 1.16. The zero-order valence-electron chi connectivity index (χ0n) is 5.04. The number of rotatable bonds is 1. The zero-order valence-corrected chi connectivity index (χ0v) is 6.63. The van der Waals surface area contributed by atoms with Crippen LogP contribution >= 0.6 is 15.9 Å². The van der Waals surface area contributed by atoms with Crippen LogP contribution in [0.3, 0.4) is 0 Å². The molecule has 2 N–H and O–H groups in total. The van der Waals surface area contributed by atoms with Crippen LogP contribution < -0.4 is 5.73 Å². The summed E-state index contributed by atoms with van der Waals surface area (Å²) >= 11 is 3.13. The molecule has 0 saturated carbocycles. The minimum absolute atomic E-state index is 0.393. The Bertz CT molecular complexity index is 242. The predicted molar refractivity (Wildman–Crippen MR) is 41.7 cm³/mol. The van der Waals surface area contributed by atoms with Gasteiger partial charge in [-0.25, -0.2) is 0 Å².